The lowest BCUT2D eigenvalue weighted by Crippen LogP contribution is -2.25. The minimum absolute atomic E-state index is 0.00831. The molecule has 2 aromatic carbocycles. The molecule has 1 aliphatic carbocycles. The van der Waals surface area contributed by atoms with E-state index in [4.69, 9.17) is 16.7 Å². The summed E-state index contributed by atoms with van der Waals surface area (Å²) in [5.41, 5.74) is 2.85. The van der Waals surface area contributed by atoms with Crippen molar-refractivity contribution in [2.45, 2.75) is 32.4 Å². The highest BCUT2D eigenvalue weighted by atomic mass is 35.5. The number of benzene rings is 2. The first-order valence-corrected chi connectivity index (χ1v) is 13.7. The van der Waals surface area contributed by atoms with E-state index in [1.807, 2.05) is 0 Å². The summed E-state index contributed by atoms with van der Waals surface area (Å²) in [4.78, 5) is 51.1. The van der Waals surface area contributed by atoms with Crippen molar-refractivity contribution in [3.63, 3.8) is 0 Å². The van der Waals surface area contributed by atoms with Crippen molar-refractivity contribution < 1.29 is 24.6 Å². The molecule has 2 heterocycles. The fraction of sp³-hybridized carbons (Fsp3) is 0.200. The highest BCUT2D eigenvalue weighted by Crippen LogP contribution is 2.29. The molecule has 2 aromatic heterocycles. The van der Waals surface area contributed by atoms with Gasteiger partial charge in [-0.05, 0) is 61.2 Å². The zero-order valence-corrected chi connectivity index (χ0v) is 24.1. The summed E-state index contributed by atoms with van der Waals surface area (Å²) in [7, 11) is 1.68. The van der Waals surface area contributed by atoms with Gasteiger partial charge in [-0.3, -0.25) is 19.4 Å². The van der Waals surface area contributed by atoms with E-state index in [1.165, 1.54) is 35.3 Å². The van der Waals surface area contributed by atoms with Crippen molar-refractivity contribution in [1.29, 1.82) is 0 Å². The number of hydrogen-bond acceptors (Lipinski definition) is 8. The van der Waals surface area contributed by atoms with Gasteiger partial charge in [0.25, 0.3) is 11.5 Å². The van der Waals surface area contributed by atoms with Crippen LogP contribution in [-0.2, 0) is 11.3 Å². The van der Waals surface area contributed by atoms with Gasteiger partial charge in [-0.1, -0.05) is 29.8 Å². The van der Waals surface area contributed by atoms with E-state index in [1.54, 1.807) is 44.3 Å². The summed E-state index contributed by atoms with van der Waals surface area (Å²) in [6, 6.07) is 13.3. The van der Waals surface area contributed by atoms with Crippen LogP contribution in [0.5, 0.6) is 5.75 Å². The van der Waals surface area contributed by atoms with Gasteiger partial charge in [0, 0.05) is 37.0 Å². The summed E-state index contributed by atoms with van der Waals surface area (Å²) < 4.78 is 1.25. The molecular formula is C30H29ClN6O6. The number of carboxylic acids is 1. The van der Waals surface area contributed by atoms with E-state index in [9.17, 15) is 24.3 Å². The minimum Gasteiger partial charge on any atom is -0.504 e. The number of nitrogens with zero attached hydrogens (tertiary/aromatic N) is 3. The van der Waals surface area contributed by atoms with E-state index in [0.29, 0.717) is 46.0 Å². The van der Waals surface area contributed by atoms with Crippen LogP contribution in [0.15, 0.2) is 65.7 Å². The predicted molar refractivity (Wildman–Crippen MR) is 163 cm³/mol. The Morgan fingerprint density at radius 1 is 1.07 bits per heavy atom. The Morgan fingerprint density at radius 3 is 2.40 bits per heavy atom. The maximum atomic E-state index is 12.6. The lowest BCUT2D eigenvalue weighted by molar-refractivity contribution is -0.105. The maximum Gasteiger partial charge on any atom is 0.335 e. The van der Waals surface area contributed by atoms with Crippen LogP contribution in [0.25, 0.3) is 22.4 Å². The van der Waals surface area contributed by atoms with Crippen LogP contribution in [0, 0.1) is 0 Å². The molecule has 0 radical (unpaired) electrons. The van der Waals surface area contributed by atoms with Crippen LogP contribution in [0.2, 0.25) is 5.02 Å². The van der Waals surface area contributed by atoms with Crippen LogP contribution in [0.1, 0.15) is 40.5 Å². The fourth-order valence-electron chi connectivity index (χ4n) is 4.14. The zero-order chi connectivity index (χ0) is 31.1. The molecule has 0 atom stereocenters. The number of carbonyl (C=O) groups excluding carboxylic acids is 2. The van der Waals surface area contributed by atoms with Crippen molar-refractivity contribution in [3.05, 3.63) is 87.4 Å². The van der Waals surface area contributed by atoms with E-state index in [0.717, 1.165) is 12.8 Å². The molecule has 5 N–H and O–H groups in total. The number of carbonyl (C=O) groups is 3. The SMILES string of the molecule is CCn1nc(-c2cccc(-c3cc(C(=O)O)cc(C(=O)NC4CC4)c3)c2)cc(NC=O)c1=O.CNc1c(O)cncc1Cl. The van der Waals surface area contributed by atoms with Crippen molar-refractivity contribution in [3.8, 4) is 28.1 Å². The lowest BCUT2D eigenvalue weighted by atomic mass is 9.97. The molecule has 0 bridgehead atoms. The molecule has 13 heteroatoms. The normalized spacial score (nSPS) is 12.0. The van der Waals surface area contributed by atoms with E-state index < -0.39 is 11.5 Å². The second-order valence-corrected chi connectivity index (χ2v) is 9.93. The molecule has 2 amide bonds. The molecule has 43 heavy (non-hydrogen) atoms. The van der Waals surface area contributed by atoms with Crippen molar-refractivity contribution in [2.24, 2.45) is 0 Å². The first-order chi connectivity index (χ1) is 20.6. The standard InChI is InChI=1S/C24H22N4O5.C6H7ClN2O/c1-2-28-23(31)21(25-13-29)12-20(27-28)15-5-3-4-14(8-15)16-9-17(11-18(10-16)24(32)33)22(30)26-19-6-7-19;1-8-6-4(7)2-9-3-5(6)10/h3-5,8-13,19H,2,6-7H2,1H3,(H,25,29)(H,26,30)(H,32,33);2-3,10H,1H3,(H,8,9). The number of anilines is 2. The van der Waals surface area contributed by atoms with Gasteiger partial charge >= 0.3 is 5.97 Å². The van der Waals surface area contributed by atoms with Crippen molar-refractivity contribution in [1.82, 2.24) is 20.1 Å². The van der Waals surface area contributed by atoms with Crippen LogP contribution >= 0.6 is 11.6 Å². The van der Waals surface area contributed by atoms with E-state index in [2.05, 4.69) is 26.0 Å². The Labute approximate surface area is 251 Å². The number of nitrogens with one attached hydrogen (secondary N) is 3. The molecule has 0 spiro atoms. The van der Waals surface area contributed by atoms with Crippen LogP contribution < -0.4 is 21.5 Å². The molecule has 1 saturated carbocycles. The number of aromatic hydroxyl groups is 1. The second kappa shape index (κ2) is 13.6. The smallest absolute Gasteiger partial charge is 0.335 e. The number of pyridine rings is 1. The van der Waals surface area contributed by atoms with Crippen molar-refractivity contribution >= 4 is 41.3 Å². The largest absolute Gasteiger partial charge is 0.504 e. The third-order valence-corrected chi connectivity index (χ3v) is 6.75. The summed E-state index contributed by atoms with van der Waals surface area (Å²) in [6.45, 7) is 2.09. The Balaban J connectivity index is 0.000000359. The third-order valence-electron chi connectivity index (χ3n) is 6.46. The molecule has 12 nitrogen and oxygen atoms in total. The van der Waals surface area contributed by atoms with Gasteiger partial charge in [0.2, 0.25) is 6.41 Å². The quantitative estimate of drug-likeness (QED) is 0.175. The molecule has 222 valence electrons. The molecular weight excluding hydrogens is 576 g/mol. The van der Waals surface area contributed by atoms with Crippen molar-refractivity contribution in [2.75, 3.05) is 17.7 Å². The predicted octanol–water partition coefficient (Wildman–Crippen LogP) is 4.24. The maximum absolute atomic E-state index is 12.6. The Morgan fingerprint density at radius 2 is 1.79 bits per heavy atom. The first kappa shape index (κ1) is 30.7. The van der Waals surface area contributed by atoms with Crippen LogP contribution in [0.3, 0.4) is 0 Å². The molecule has 5 rings (SSSR count). The number of carboxylic acid groups (broad SMARTS) is 1. The molecule has 1 aliphatic rings. The molecule has 0 unspecified atom stereocenters. The van der Waals surface area contributed by atoms with Gasteiger partial charge in [0.05, 0.1) is 28.2 Å². The minimum atomic E-state index is -1.13. The number of hydrogen-bond donors (Lipinski definition) is 5. The second-order valence-electron chi connectivity index (χ2n) is 9.52. The molecule has 4 aromatic rings. The Hall–Kier alpha value is -5.23. The van der Waals surface area contributed by atoms with E-state index in [-0.39, 0.29) is 34.5 Å². The lowest BCUT2D eigenvalue weighted by Gasteiger charge is -2.11. The van der Waals surface area contributed by atoms with Gasteiger partial charge in [0.15, 0.2) is 5.75 Å². The number of aromatic carboxylic acids is 1. The van der Waals surface area contributed by atoms with Gasteiger partial charge < -0.3 is 26.2 Å². The number of aromatic nitrogens is 3. The van der Waals surface area contributed by atoms with Crippen LogP contribution in [-0.4, -0.2) is 56.4 Å². The fourth-order valence-corrected chi connectivity index (χ4v) is 4.39. The van der Waals surface area contributed by atoms with Gasteiger partial charge in [-0.25, -0.2) is 9.48 Å². The molecule has 0 aliphatic heterocycles. The number of aryl methyl sites for hydroxylation is 1. The Kier molecular flexibility index (Phi) is 9.73. The summed E-state index contributed by atoms with van der Waals surface area (Å²) >= 11 is 5.64. The molecule has 0 saturated heterocycles. The topological polar surface area (TPSA) is 176 Å². The van der Waals surface area contributed by atoms with Gasteiger partial charge in [-0.2, -0.15) is 5.10 Å². The van der Waals surface area contributed by atoms with Crippen LogP contribution in [0.4, 0.5) is 11.4 Å². The number of rotatable bonds is 9. The highest BCUT2D eigenvalue weighted by molar-refractivity contribution is 6.33. The third kappa shape index (κ3) is 7.54. The van der Waals surface area contributed by atoms with Gasteiger partial charge in [-0.15, -0.1) is 0 Å². The molecule has 1 fully saturated rings. The van der Waals surface area contributed by atoms with Gasteiger partial charge in [0.1, 0.15) is 5.69 Å². The number of amides is 2. The summed E-state index contributed by atoms with van der Waals surface area (Å²) in [6.07, 6.45) is 5.08. The Bertz CT molecular complexity index is 1720. The summed E-state index contributed by atoms with van der Waals surface area (Å²) in [5, 5.41) is 31.4. The van der Waals surface area contributed by atoms with E-state index >= 15 is 0 Å². The zero-order valence-electron chi connectivity index (χ0n) is 23.3. The highest BCUT2D eigenvalue weighted by Gasteiger charge is 2.24. The average molecular weight is 605 g/mol. The monoisotopic (exact) mass is 604 g/mol. The average Bonchev–Trinajstić information content (AvgIpc) is 3.82. The number of halogens is 1. The summed E-state index contributed by atoms with van der Waals surface area (Å²) in [5.74, 6) is -1.37. The first-order valence-electron chi connectivity index (χ1n) is 13.3.